The smallest absolute Gasteiger partial charge is 0.122 e. The Bertz CT molecular complexity index is 275. The molecule has 1 aromatic carbocycles. The Balaban J connectivity index is 2.84. The Kier molecular flexibility index (Phi) is 3.77. The first-order valence-electron chi connectivity index (χ1n) is 4.97. The van der Waals surface area contributed by atoms with Gasteiger partial charge in [0.2, 0.25) is 0 Å². The van der Waals surface area contributed by atoms with Crippen LogP contribution < -0.4 is 5.73 Å². The van der Waals surface area contributed by atoms with Gasteiger partial charge in [0.25, 0.3) is 0 Å². The predicted octanol–water partition coefficient (Wildman–Crippen LogP) is 1.82. The first kappa shape index (κ1) is 10.9. The van der Waals surface area contributed by atoms with Crippen molar-refractivity contribution in [3.63, 3.8) is 0 Å². The fraction of sp³-hybridized carbons (Fsp3) is 0.455. The van der Waals surface area contributed by atoms with Crippen LogP contribution in [0, 0.1) is 0 Å². The maximum absolute atomic E-state index is 9.62. The van der Waals surface area contributed by atoms with Crippen molar-refractivity contribution in [1.29, 1.82) is 0 Å². The van der Waals surface area contributed by atoms with Crippen LogP contribution in [0.25, 0.3) is 0 Å². The highest BCUT2D eigenvalue weighted by atomic mass is 16.3. The molecule has 0 atom stereocenters. The Hall–Kier alpha value is -1.22. The van der Waals surface area contributed by atoms with Gasteiger partial charge in [-0.15, -0.1) is 0 Å². The Morgan fingerprint density at radius 2 is 1.93 bits per heavy atom. The van der Waals surface area contributed by atoms with E-state index < -0.39 is 0 Å². The second kappa shape index (κ2) is 4.86. The number of anilines is 1. The third-order valence-electron chi connectivity index (χ3n) is 2.46. The summed E-state index contributed by atoms with van der Waals surface area (Å²) in [6.07, 6.45) is 0. The lowest BCUT2D eigenvalue weighted by atomic mass is 10.1. The monoisotopic (exact) mass is 194 g/mol. The Labute approximate surface area is 85.2 Å². The number of aromatic hydroxyl groups is 1. The van der Waals surface area contributed by atoms with Gasteiger partial charge in [-0.1, -0.05) is 19.9 Å². The van der Waals surface area contributed by atoms with E-state index in [1.54, 1.807) is 12.1 Å². The lowest BCUT2D eigenvalue weighted by Gasteiger charge is -2.19. The summed E-state index contributed by atoms with van der Waals surface area (Å²) in [7, 11) is 0. The molecular formula is C11H18N2O. The van der Waals surface area contributed by atoms with E-state index in [1.807, 2.05) is 6.07 Å². The first-order valence-corrected chi connectivity index (χ1v) is 4.97. The van der Waals surface area contributed by atoms with Gasteiger partial charge in [-0.3, -0.25) is 4.90 Å². The maximum atomic E-state index is 9.62. The number of nitrogen functional groups attached to an aromatic ring is 1. The molecule has 0 fully saturated rings. The minimum absolute atomic E-state index is 0.289. The predicted molar refractivity (Wildman–Crippen MR) is 59.1 cm³/mol. The molecule has 3 nitrogen and oxygen atoms in total. The number of phenols is 1. The molecule has 0 saturated carbocycles. The topological polar surface area (TPSA) is 49.5 Å². The van der Waals surface area contributed by atoms with Gasteiger partial charge in [-0.05, 0) is 25.2 Å². The van der Waals surface area contributed by atoms with Crippen LogP contribution in [0.1, 0.15) is 19.4 Å². The molecule has 0 aliphatic carbocycles. The molecule has 1 aromatic rings. The summed E-state index contributed by atoms with van der Waals surface area (Å²) in [4.78, 5) is 2.21. The number of nitrogens with zero attached hydrogens (tertiary/aromatic N) is 1. The first-order chi connectivity index (χ1) is 6.69. The average Bonchev–Trinajstić information content (AvgIpc) is 2.18. The van der Waals surface area contributed by atoms with Crippen molar-refractivity contribution in [2.75, 3.05) is 18.8 Å². The van der Waals surface area contributed by atoms with Crippen LogP contribution in [0.3, 0.4) is 0 Å². The van der Waals surface area contributed by atoms with Gasteiger partial charge in [0.1, 0.15) is 5.75 Å². The van der Waals surface area contributed by atoms with Gasteiger partial charge >= 0.3 is 0 Å². The highest BCUT2D eigenvalue weighted by Gasteiger charge is 2.08. The molecule has 0 spiro atoms. The van der Waals surface area contributed by atoms with Gasteiger partial charge < -0.3 is 10.8 Å². The van der Waals surface area contributed by atoms with E-state index in [9.17, 15) is 5.11 Å². The van der Waals surface area contributed by atoms with Crippen molar-refractivity contribution >= 4 is 5.69 Å². The fourth-order valence-electron chi connectivity index (χ4n) is 1.44. The van der Waals surface area contributed by atoms with Crippen molar-refractivity contribution < 1.29 is 5.11 Å². The van der Waals surface area contributed by atoms with Gasteiger partial charge in [0, 0.05) is 17.8 Å². The van der Waals surface area contributed by atoms with Crippen molar-refractivity contribution in [2.24, 2.45) is 0 Å². The SMILES string of the molecule is CCN(CC)Cc1c(N)cccc1O. The Morgan fingerprint density at radius 1 is 1.29 bits per heavy atom. The van der Waals surface area contributed by atoms with Gasteiger partial charge in [-0.25, -0.2) is 0 Å². The van der Waals surface area contributed by atoms with Crippen LogP contribution in [0.5, 0.6) is 5.75 Å². The van der Waals surface area contributed by atoms with E-state index >= 15 is 0 Å². The molecule has 3 heteroatoms. The molecule has 0 unspecified atom stereocenters. The molecular weight excluding hydrogens is 176 g/mol. The van der Waals surface area contributed by atoms with Crippen LogP contribution in [-0.2, 0) is 6.54 Å². The third kappa shape index (κ3) is 2.39. The van der Waals surface area contributed by atoms with E-state index in [-0.39, 0.29) is 5.75 Å². The molecule has 0 bridgehead atoms. The molecule has 0 aliphatic rings. The van der Waals surface area contributed by atoms with Crippen molar-refractivity contribution in [1.82, 2.24) is 4.90 Å². The summed E-state index contributed by atoms with van der Waals surface area (Å²) in [6.45, 7) is 6.83. The molecule has 0 aromatic heterocycles. The quantitative estimate of drug-likeness (QED) is 0.719. The lowest BCUT2D eigenvalue weighted by Crippen LogP contribution is -2.22. The molecule has 78 valence electrons. The van der Waals surface area contributed by atoms with E-state index in [2.05, 4.69) is 18.7 Å². The number of phenolic OH excluding ortho intramolecular Hbond substituents is 1. The van der Waals surface area contributed by atoms with Crippen molar-refractivity contribution in [3.8, 4) is 5.75 Å². The summed E-state index contributed by atoms with van der Waals surface area (Å²) in [5, 5.41) is 9.62. The number of hydrogen-bond acceptors (Lipinski definition) is 3. The molecule has 3 N–H and O–H groups in total. The highest BCUT2D eigenvalue weighted by Crippen LogP contribution is 2.24. The van der Waals surface area contributed by atoms with Crippen LogP contribution in [0.2, 0.25) is 0 Å². The minimum Gasteiger partial charge on any atom is -0.508 e. The summed E-state index contributed by atoms with van der Waals surface area (Å²) in [6, 6.07) is 5.25. The Morgan fingerprint density at radius 3 is 2.43 bits per heavy atom. The standard InChI is InChI=1S/C11H18N2O/c1-3-13(4-2)8-9-10(12)6-5-7-11(9)14/h5-7,14H,3-4,8,12H2,1-2H3. The third-order valence-corrected chi connectivity index (χ3v) is 2.46. The molecule has 0 heterocycles. The van der Waals surface area contributed by atoms with Crippen molar-refractivity contribution in [2.45, 2.75) is 20.4 Å². The zero-order valence-electron chi connectivity index (χ0n) is 8.83. The summed E-state index contributed by atoms with van der Waals surface area (Å²) < 4.78 is 0. The molecule has 0 radical (unpaired) electrons. The van der Waals surface area contributed by atoms with Gasteiger partial charge in [-0.2, -0.15) is 0 Å². The van der Waals surface area contributed by atoms with Crippen LogP contribution in [0.15, 0.2) is 18.2 Å². The fourth-order valence-corrected chi connectivity index (χ4v) is 1.44. The van der Waals surface area contributed by atoms with Crippen LogP contribution in [-0.4, -0.2) is 23.1 Å². The number of nitrogens with two attached hydrogens (primary N) is 1. The molecule has 0 saturated heterocycles. The second-order valence-corrected chi connectivity index (χ2v) is 3.31. The van der Waals surface area contributed by atoms with Crippen LogP contribution >= 0.6 is 0 Å². The van der Waals surface area contributed by atoms with Gasteiger partial charge in [0.05, 0.1) is 0 Å². The summed E-state index contributed by atoms with van der Waals surface area (Å²) in [5.74, 6) is 0.289. The lowest BCUT2D eigenvalue weighted by molar-refractivity contribution is 0.291. The minimum atomic E-state index is 0.289. The molecule has 0 aliphatic heterocycles. The number of hydrogen-bond donors (Lipinski definition) is 2. The van der Waals surface area contributed by atoms with Crippen LogP contribution in [0.4, 0.5) is 5.69 Å². The average molecular weight is 194 g/mol. The van der Waals surface area contributed by atoms with Crippen molar-refractivity contribution in [3.05, 3.63) is 23.8 Å². The second-order valence-electron chi connectivity index (χ2n) is 3.31. The maximum Gasteiger partial charge on any atom is 0.122 e. The summed E-state index contributed by atoms with van der Waals surface area (Å²) >= 11 is 0. The largest absolute Gasteiger partial charge is 0.508 e. The number of rotatable bonds is 4. The summed E-state index contributed by atoms with van der Waals surface area (Å²) in [5.41, 5.74) is 7.29. The van der Waals surface area contributed by atoms with E-state index in [0.717, 1.165) is 18.7 Å². The van der Waals surface area contributed by atoms with E-state index in [1.165, 1.54) is 0 Å². The zero-order chi connectivity index (χ0) is 10.6. The van der Waals surface area contributed by atoms with E-state index in [0.29, 0.717) is 12.2 Å². The molecule has 14 heavy (non-hydrogen) atoms. The van der Waals surface area contributed by atoms with Gasteiger partial charge in [0.15, 0.2) is 0 Å². The number of benzene rings is 1. The highest BCUT2D eigenvalue weighted by molar-refractivity contribution is 5.53. The van der Waals surface area contributed by atoms with E-state index in [4.69, 9.17) is 5.73 Å². The molecule has 1 rings (SSSR count). The molecule has 0 amide bonds. The zero-order valence-corrected chi connectivity index (χ0v) is 8.83. The normalized spacial score (nSPS) is 10.8.